The van der Waals surface area contributed by atoms with Crippen molar-refractivity contribution in [3.8, 4) is 6.07 Å². The van der Waals surface area contributed by atoms with Gasteiger partial charge in [0.1, 0.15) is 6.07 Å². The van der Waals surface area contributed by atoms with Gasteiger partial charge >= 0.3 is 0 Å². The Morgan fingerprint density at radius 1 is 1.50 bits per heavy atom. The number of nitrogens with two attached hydrogens (primary N) is 1. The molecule has 80 valence electrons. The zero-order chi connectivity index (χ0) is 11.5. The van der Waals surface area contributed by atoms with Crippen LogP contribution in [-0.4, -0.2) is 9.55 Å². The van der Waals surface area contributed by atoms with Crippen LogP contribution in [0.5, 0.6) is 0 Å². The van der Waals surface area contributed by atoms with Crippen LogP contribution in [-0.2, 0) is 6.54 Å². The van der Waals surface area contributed by atoms with E-state index in [4.69, 9.17) is 22.6 Å². The van der Waals surface area contributed by atoms with Gasteiger partial charge in [-0.1, -0.05) is 17.7 Å². The lowest BCUT2D eigenvalue weighted by Crippen LogP contribution is -2.05. The summed E-state index contributed by atoms with van der Waals surface area (Å²) in [4.78, 5) is 3.91. The smallest absolute Gasteiger partial charge is 0.213 e. The number of anilines is 1. The lowest BCUT2D eigenvalue weighted by atomic mass is 10.2. The summed E-state index contributed by atoms with van der Waals surface area (Å²) in [5, 5.41) is 9.42. The average Bonchev–Trinajstić information content (AvgIpc) is 2.71. The highest BCUT2D eigenvalue weighted by Gasteiger charge is 2.07. The molecule has 0 aliphatic heterocycles. The number of nitrogen functional groups attached to an aromatic ring is 1. The maximum Gasteiger partial charge on any atom is 0.213 e. The van der Waals surface area contributed by atoms with Crippen molar-refractivity contribution >= 4 is 17.3 Å². The normalized spacial score (nSPS) is 10.0. The van der Waals surface area contributed by atoms with Crippen LogP contribution in [0.25, 0.3) is 0 Å². The molecule has 0 unspecified atom stereocenters. The Kier molecular flexibility index (Phi) is 2.80. The fourth-order valence-electron chi connectivity index (χ4n) is 1.46. The van der Waals surface area contributed by atoms with Crippen molar-refractivity contribution in [2.45, 2.75) is 6.54 Å². The lowest BCUT2D eigenvalue weighted by Gasteiger charge is -2.09. The largest absolute Gasteiger partial charge is 0.398 e. The molecule has 2 aromatic rings. The Morgan fingerprint density at radius 2 is 2.31 bits per heavy atom. The molecule has 1 aromatic carbocycles. The molecular formula is C11H9ClN4. The van der Waals surface area contributed by atoms with Crippen molar-refractivity contribution in [1.82, 2.24) is 9.55 Å². The molecule has 0 fully saturated rings. The van der Waals surface area contributed by atoms with Gasteiger partial charge in [0, 0.05) is 28.7 Å². The van der Waals surface area contributed by atoms with E-state index in [2.05, 4.69) is 4.98 Å². The van der Waals surface area contributed by atoms with Gasteiger partial charge < -0.3 is 10.3 Å². The first-order valence-electron chi connectivity index (χ1n) is 4.66. The van der Waals surface area contributed by atoms with Crippen molar-refractivity contribution < 1.29 is 0 Å². The topological polar surface area (TPSA) is 67.6 Å². The van der Waals surface area contributed by atoms with Crippen LogP contribution in [0.3, 0.4) is 0 Å². The molecule has 16 heavy (non-hydrogen) atoms. The highest BCUT2D eigenvalue weighted by molar-refractivity contribution is 6.31. The SMILES string of the molecule is N#Cc1nccn1Cc1c(N)cccc1Cl. The lowest BCUT2D eigenvalue weighted by molar-refractivity contribution is 0.784. The van der Waals surface area contributed by atoms with E-state index in [-0.39, 0.29) is 0 Å². The van der Waals surface area contributed by atoms with E-state index in [1.165, 1.54) is 0 Å². The van der Waals surface area contributed by atoms with Gasteiger partial charge in [0.25, 0.3) is 0 Å². The Bertz CT molecular complexity index is 533. The van der Waals surface area contributed by atoms with Crippen LogP contribution >= 0.6 is 11.6 Å². The summed E-state index contributed by atoms with van der Waals surface area (Å²) in [6.45, 7) is 0.453. The second kappa shape index (κ2) is 4.25. The predicted molar refractivity (Wildman–Crippen MR) is 61.9 cm³/mol. The summed E-state index contributed by atoms with van der Waals surface area (Å²) < 4.78 is 1.71. The van der Waals surface area contributed by atoms with E-state index >= 15 is 0 Å². The van der Waals surface area contributed by atoms with Crippen molar-refractivity contribution in [2.24, 2.45) is 0 Å². The summed E-state index contributed by atoms with van der Waals surface area (Å²) >= 11 is 6.05. The maximum atomic E-state index is 8.83. The monoisotopic (exact) mass is 232 g/mol. The second-order valence-electron chi connectivity index (χ2n) is 3.30. The number of imidazole rings is 1. The maximum absolute atomic E-state index is 8.83. The molecule has 5 heteroatoms. The summed E-state index contributed by atoms with van der Waals surface area (Å²) in [6.07, 6.45) is 3.30. The van der Waals surface area contributed by atoms with Gasteiger partial charge in [0.15, 0.2) is 0 Å². The predicted octanol–water partition coefficient (Wildman–Crippen LogP) is 2.04. The molecule has 1 heterocycles. The van der Waals surface area contributed by atoms with Gasteiger partial charge in [0.2, 0.25) is 5.82 Å². The third kappa shape index (κ3) is 1.86. The van der Waals surface area contributed by atoms with Gasteiger partial charge in [0.05, 0.1) is 6.54 Å². The molecule has 2 rings (SSSR count). The van der Waals surface area contributed by atoms with E-state index < -0.39 is 0 Å². The molecule has 0 saturated heterocycles. The molecule has 0 spiro atoms. The molecular weight excluding hydrogens is 224 g/mol. The first kappa shape index (κ1) is 10.5. The number of nitrogens with zero attached hydrogens (tertiary/aromatic N) is 3. The van der Waals surface area contributed by atoms with Crippen LogP contribution in [0.1, 0.15) is 11.4 Å². The molecule has 0 amide bonds. The average molecular weight is 233 g/mol. The molecule has 0 aliphatic carbocycles. The summed E-state index contributed by atoms with van der Waals surface area (Å²) in [5.41, 5.74) is 7.25. The summed E-state index contributed by atoms with van der Waals surface area (Å²) in [5.74, 6) is 0.347. The van der Waals surface area contributed by atoms with E-state index in [9.17, 15) is 0 Å². The fraction of sp³-hybridized carbons (Fsp3) is 0.0909. The van der Waals surface area contributed by atoms with Crippen LogP contribution in [0.4, 0.5) is 5.69 Å². The summed E-state index contributed by atoms with van der Waals surface area (Å²) in [7, 11) is 0. The summed E-state index contributed by atoms with van der Waals surface area (Å²) in [6, 6.07) is 7.35. The number of hydrogen-bond donors (Lipinski definition) is 1. The second-order valence-corrected chi connectivity index (χ2v) is 3.71. The first-order chi connectivity index (χ1) is 7.72. The van der Waals surface area contributed by atoms with E-state index in [1.54, 1.807) is 35.2 Å². The molecule has 4 nitrogen and oxygen atoms in total. The minimum absolute atomic E-state index is 0.347. The van der Waals surface area contributed by atoms with Crippen LogP contribution in [0.2, 0.25) is 5.02 Å². The first-order valence-corrected chi connectivity index (χ1v) is 5.04. The molecule has 0 atom stereocenters. The highest BCUT2D eigenvalue weighted by Crippen LogP contribution is 2.23. The van der Waals surface area contributed by atoms with Gasteiger partial charge in [-0.2, -0.15) is 5.26 Å². The number of hydrogen-bond acceptors (Lipinski definition) is 3. The third-order valence-corrected chi connectivity index (χ3v) is 2.65. The Labute approximate surface area is 97.9 Å². The molecule has 1 aromatic heterocycles. The van der Waals surface area contributed by atoms with Gasteiger partial charge in [-0.05, 0) is 12.1 Å². The van der Waals surface area contributed by atoms with Crippen molar-refractivity contribution in [3.05, 3.63) is 47.0 Å². The molecule has 2 N–H and O–H groups in total. The zero-order valence-electron chi connectivity index (χ0n) is 8.39. The molecule has 0 aliphatic rings. The van der Waals surface area contributed by atoms with E-state index in [0.29, 0.717) is 23.1 Å². The minimum atomic E-state index is 0.347. The van der Waals surface area contributed by atoms with Crippen molar-refractivity contribution in [2.75, 3.05) is 5.73 Å². The van der Waals surface area contributed by atoms with Gasteiger partial charge in [-0.25, -0.2) is 4.98 Å². The Balaban J connectivity index is 2.38. The van der Waals surface area contributed by atoms with Crippen LogP contribution in [0.15, 0.2) is 30.6 Å². The quantitative estimate of drug-likeness (QED) is 0.806. The van der Waals surface area contributed by atoms with Crippen molar-refractivity contribution in [1.29, 1.82) is 5.26 Å². The number of rotatable bonds is 2. The molecule has 0 bridgehead atoms. The Morgan fingerprint density at radius 3 is 3.00 bits per heavy atom. The minimum Gasteiger partial charge on any atom is -0.398 e. The number of nitriles is 1. The highest BCUT2D eigenvalue weighted by atomic mass is 35.5. The van der Waals surface area contributed by atoms with Crippen LogP contribution in [0, 0.1) is 11.3 Å². The number of benzene rings is 1. The van der Waals surface area contributed by atoms with Crippen LogP contribution < -0.4 is 5.73 Å². The number of aromatic nitrogens is 2. The third-order valence-electron chi connectivity index (χ3n) is 2.30. The van der Waals surface area contributed by atoms with E-state index in [0.717, 1.165) is 5.56 Å². The molecule has 0 radical (unpaired) electrons. The zero-order valence-corrected chi connectivity index (χ0v) is 9.15. The molecule has 0 saturated carbocycles. The van der Waals surface area contributed by atoms with Gasteiger partial charge in [-0.15, -0.1) is 0 Å². The number of halogens is 1. The van der Waals surface area contributed by atoms with E-state index in [1.807, 2.05) is 6.07 Å². The fourth-order valence-corrected chi connectivity index (χ4v) is 1.70. The van der Waals surface area contributed by atoms with Crippen molar-refractivity contribution in [3.63, 3.8) is 0 Å². The standard InChI is InChI=1S/C11H9ClN4/c12-9-2-1-3-10(14)8(9)7-16-5-4-15-11(16)6-13/h1-5H,7,14H2. The Hall–Kier alpha value is -1.99. The van der Waals surface area contributed by atoms with Gasteiger partial charge in [-0.3, -0.25) is 0 Å².